The molecule has 0 atom stereocenters. The Hall–Kier alpha value is 1.27. The standard InChI is InChI=1S/CN.Ca.Mn.2H/c1-2;;;;. The van der Waals surface area contributed by atoms with E-state index in [1.54, 1.807) is 4.97 Å². The average molecular weight is 123 g/mol. The Morgan fingerprint density at radius 3 is 1.75 bits per heavy atom. The van der Waals surface area contributed by atoms with Gasteiger partial charge in [0.2, 0.25) is 0 Å². The van der Waals surface area contributed by atoms with Crippen LogP contribution in [0.25, 0.3) is 0 Å². The molecule has 0 N–H and O–H groups in total. The van der Waals surface area contributed by atoms with Gasteiger partial charge in [-0.3, -0.25) is 0 Å². The third kappa shape index (κ3) is 10.5. The van der Waals surface area contributed by atoms with Crippen molar-refractivity contribution in [3.05, 3.63) is 0 Å². The molecule has 0 spiro atoms. The van der Waals surface area contributed by atoms with Crippen LogP contribution in [0, 0.1) is 10.2 Å². The summed E-state index contributed by atoms with van der Waals surface area (Å²) in [6, 6.07) is 0. The van der Waals surface area contributed by atoms with Crippen molar-refractivity contribution in [1.29, 1.82) is 5.26 Å². The summed E-state index contributed by atoms with van der Waals surface area (Å²) in [6.07, 6.45) is 0. The van der Waals surface area contributed by atoms with Crippen molar-refractivity contribution in [3.63, 3.8) is 0 Å². The molecule has 20 valence electrons. The van der Waals surface area contributed by atoms with Gasteiger partial charge < -0.3 is 0 Å². The van der Waals surface area contributed by atoms with Crippen molar-refractivity contribution in [1.82, 2.24) is 0 Å². The predicted molar refractivity (Wildman–Crippen MR) is 14.2 cm³/mol. The second-order valence-corrected chi connectivity index (χ2v) is 0.348. The van der Waals surface area contributed by atoms with Crippen molar-refractivity contribution in [3.8, 4) is 4.97 Å². The van der Waals surface area contributed by atoms with E-state index in [-0.39, 0.29) is 37.7 Å². The normalized spacial score (nSPS) is 2.00. The Balaban J connectivity index is 0. The second-order valence-electron chi connectivity index (χ2n) is 0.0845. The van der Waals surface area contributed by atoms with Gasteiger partial charge in [-0.25, -0.2) is 0 Å². The Kier molecular flexibility index (Phi) is 19.9. The van der Waals surface area contributed by atoms with E-state index in [1.165, 1.54) is 0 Å². The Morgan fingerprint density at radius 1 is 1.75 bits per heavy atom. The Bertz CT molecular complexity index is 29.5. The molecule has 3 heteroatoms. The first-order chi connectivity index (χ1) is 1.41. The molecule has 0 aliphatic rings. The van der Waals surface area contributed by atoms with Crippen LogP contribution < -0.4 is 0 Å². The molecule has 0 aromatic rings. The summed E-state index contributed by atoms with van der Waals surface area (Å²) in [5.74, 6) is 0. The Labute approximate surface area is 63.2 Å². The van der Waals surface area contributed by atoms with E-state index in [0.29, 0.717) is 0 Å². The zero-order chi connectivity index (χ0) is 2.71. The van der Waals surface area contributed by atoms with Crippen molar-refractivity contribution >= 4 is 37.7 Å². The SMILES string of the molecule is N#[C][Mn].[CaH2]. The monoisotopic (exact) mass is 123 g/mol. The molecule has 1 nitrogen and oxygen atoms in total. The van der Waals surface area contributed by atoms with Crippen molar-refractivity contribution in [2.24, 2.45) is 0 Å². The number of hydrogen-bond acceptors (Lipinski definition) is 1. The molecule has 4 heavy (non-hydrogen) atoms. The summed E-state index contributed by atoms with van der Waals surface area (Å²) in [7, 11) is 0. The van der Waals surface area contributed by atoms with Gasteiger partial charge in [0.05, 0.1) is 0 Å². The molecule has 0 saturated carbocycles. The minimum absolute atomic E-state index is 0. The molecule has 0 radical (unpaired) electrons. The van der Waals surface area contributed by atoms with Gasteiger partial charge in [-0.1, -0.05) is 0 Å². The molecule has 0 saturated heterocycles. The molecule has 0 aliphatic carbocycles. The summed E-state index contributed by atoms with van der Waals surface area (Å²) < 4.78 is 0. The van der Waals surface area contributed by atoms with Gasteiger partial charge >= 0.3 is 64.0 Å². The number of hydrogen-bond donors (Lipinski definition) is 0. The fourth-order valence-electron chi connectivity index (χ4n) is 0. The van der Waals surface area contributed by atoms with E-state index in [2.05, 4.69) is 16.0 Å². The summed E-state index contributed by atoms with van der Waals surface area (Å²) in [6.45, 7) is 0. The van der Waals surface area contributed by atoms with Gasteiger partial charge in [0.25, 0.3) is 0 Å². The third-order valence-electron chi connectivity index (χ3n) is 0. The van der Waals surface area contributed by atoms with Gasteiger partial charge in [0.15, 0.2) is 0 Å². The van der Waals surface area contributed by atoms with Crippen molar-refractivity contribution < 1.29 is 16.0 Å². The van der Waals surface area contributed by atoms with Gasteiger partial charge in [0.1, 0.15) is 0 Å². The molecule has 0 heterocycles. The summed E-state index contributed by atoms with van der Waals surface area (Å²) in [4.78, 5) is 1.56. The fourth-order valence-corrected chi connectivity index (χ4v) is 0. The summed E-state index contributed by atoms with van der Waals surface area (Å²) in [5, 5.41) is 7.24. The van der Waals surface area contributed by atoms with Crippen LogP contribution in [0.5, 0.6) is 0 Å². The fraction of sp³-hybridized carbons (Fsp3) is 0. The third-order valence-corrected chi connectivity index (χ3v) is 0. The van der Waals surface area contributed by atoms with E-state index in [1.807, 2.05) is 0 Å². The van der Waals surface area contributed by atoms with Gasteiger partial charge in [-0.2, -0.15) is 0 Å². The van der Waals surface area contributed by atoms with E-state index in [4.69, 9.17) is 5.26 Å². The molecule has 0 fully saturated rings. The molecule has 0 aliphatic heterocycles. The molecular formula is CH2CaMnN. The van der Waals surface area contributed by atoms with Crippen LogP contribution >= 0.6 is 0 Å². The van der Waals surface area contributed by atoms with E-state index in [9.17, 15) is 0 Å². The maximum absolute atomic E-state index is 7.24. The topological polar surface area (TPSA) is 23.8 Å². The molecule has 0 bridgehead atoms. The van der Waals surface area contributed by atoms with E-state index < -0.39 is 0 Å². The van der Waals surface area contributed by atoms with Crippen LogP contribution in [0.4, 0.5) is 0 Å². The molecule has 0 rings (SSSR count). The maximum atomic E-state index is 7.24. The van der Waals surface area contributed by atoms with Crippen LogP contribution in [0.3, 0.4) is 0 Å². The molecule has 0 unspecified atom stereocenters. The average Bonchev–Trinajstić information content (AvgIpc) is 0.918. The first-order valence-electron chi connectivity index (χ1n) is 0.413. The molecular weight excluding hydrogens is 121 g/mol. The first-order valence-corrected chi connectivity index (χ1v) is 1.00. The summed E-state index contributed by atoms with van der Waals surface area (Å²) >= 11 is 2.45. The zero-order valence-corrected chi connectivity index (χ0v) is 2.51. The van der Waals surface area contributed by atoms with Crippen LogP contribution in [-0.2, 0) is 16.0 Å². The quantitative estimate of drug-likeness (QED) is 0.383. The number of nitrogens with zero attached hydrogens (tertiary/aromatic N) is 1. The van der Waals surface area contributed by atoms with Gasteiger partial charge in [-0.05, 0) is 0 Å². The first kappa shape index (κ1) is 8.99. The molecule has 0 aromatic heterocycles. The van der Waals surface area contributed by atoms with Gasteiger partial charge in [0, 0.05) is 0 Å². The molecule has 0 amide bonds. The van der Waals surface area contributed by atoms with E-state index in [0.717, 1.165) is 0 Å². The van der Waals surface area contributed by atoms with Gasteiger partial charge in [-0.15, -0.1) is 0 Å². The Morgan fingerprint density at radius 2 is 1.75 bits per heavy atom. The van der Waals surface area contributed by atoms with Crippen LogP contribution in [0.15, 0.2) is 0 Å². The van der Waals surface area contributed by atoms with E-state index >= 15 is 0 Å². The zero-order valence-electron chi connectivity index (χ0n) is 1.33. The minimum atomic E-state index is 0. The van der Waals surface area contributed by atoms with Crippen LogP contribution in [-0.4, -0.2) is 37.7 Å². The van der Waals surface area contributed by atoms with Crippen LogP contribution in [0.1, 0.15) is 0 Å². The van der Waals surface area contributed by atoms with Crippen LogP contribution in [0.2, 0.25) is 0 Å². The second kappa shape index (κ2) is 8.86. The van der Waals surface area contributed by atoms with Crippen molar-refractivity contribution in [2.75, 3.05) is 0 Å². The molecule has 0 aromatic carbocycles. The number of nitriles is 1. The van der Waals surface area contributed by atoms with Crippen molar-refractivity contribution in [2.45, 2.75) is 0 Å². The number of rotatable bonds is 0. The summed E-state index contributed by atoms with van der Waals surface area (Å²) in [5.41, 5.74) is 0. The predicted octanol–water partition coefficient (Wildman–Crippen LogP) is -0.902.